The molecular formula is C14H22N2. The van der Waals surface area contributed by atoms with Crippen LogP contribution in [0.1, 0.15) is 37.3 Å². The van der Waals surface area contributed by atoms with Crippen molar-refractivity contribution in [1.82, 2.24) is 0 Å². The lowest BCUT2D eigenvalue weighted by Crippen LogP contribution is -2.15. The molecule has 88 valence electrons. The van der Waals surface area contributed by atoms with Gasteiger partial charge in [0.2, 0.25) is 0 Å². The first kappa shape index (κ1) is 11.5. The molecule has 0 saturated heterocycles. The Kier molecular flexibility index (Phi) is 3.49. The van der Waals surface area contributed by atoms with E-state index in [1.165, 1.54) is 36.1 Å². The zero-order valence-electron chi connectivity index (χ0n) is 10.3. The Labute approximate surface area is 98.2 Å². The van der Waals surface area contributed by atoms with Gasteiger partial charge >= 0.3 is 0 Å². The van der Waals surface area contributed by atoms with Gasteiger partial charge in [-0.3, -0.25) is 0 Å². The van der Waals surface area contributed by atoms with Gasteiger partial charge in [0.1, 0.15) is 0 Å². The molecule has 0 bridgehead atoms. The predicted molar refractivity (Wildman–Crippen MR) is 69.5 cm³/mol. The highest BCUT2D eigenvalue weighted by molar-refractivity contribution is 5.49. The van der Waals surface area contributed by atoms with Crippen LogP contribution in [0.3, 0.4) is 0 Å². The highest BCUT2D eigenvalue weighted by Crippen LogP contribution is 2.27. The zero-order chi connectivity index (χ0) is 11.5. The maximum absolute atomic E-state index is 5.66. The molecule has 1 aliphatic rings. The third-order valence-electron chi connectivity index (χ3n) is 3.63. The van der Waals surface area contributed by atoms with Crippen molar-refractivity contribution < 1.29 is 0 Å². The second-order valence-electron chi connectivity index (χ2n) is 5.10. The van der Waals surface area contributed by atoms with Crippen LogP contribution in [0.2, 0.25) is 0 Å². The van der Waals surface area contributed by atoms with Gasteiger partial charge in [-0.05, 0) is 55.4 Å². The Morgan fingerprint density at radius 1 is 1.38 bits per heavy atom. The standard InChI is InChI=1S/C14H22N2/c1-10-3-5-13(7-10)16-14-6-4-12(9-15)11(2)8-14/h4,6,8,10,13,16H,3,5,7,9,15H2,1-2H3. The molecule has 1 saturated carbocycles. The summed E-state index contributed by atoms with van der Waals surface area (Å²) in [7, 11) is 0. The molecule has 0 spiro atoms. The molecule has 2 rings (SSSR count). The highest BCUT2D eigenvalue weighted by Gasteiger charge is 2.20. The molecule has 2 atom stereocenters. The quantitative estimate of drug-likeness (QED) is 0.818. The smallest absolute Gasteiger partial charge is 0.0345 e. The zero-order valence-corrected chi connectivity index (χ0v) is 10.3. The van der Waals surface area contributed by atoms with Gasteiger partial charge in [0.25, 0.3) is 0 Å². The van der Waals surface area contributed by atoms with E-state index in [-0.39, 0.29) is 0 Å². The summed E-state index contributed by atoms with van der Waals surface area (Å²) >= 11 is 0. The second kappa shape index (κ2) is 4.88. The first-order chi connectivity index (χ1) is 7.69. The van der Waals surface area contributed by atoms with E-state index in [4.69, 9.17) is 5.73 Å². The molecule has 2 heteroatoms. The van der Waals surface area contributed by atoms with E-state index in [1.807, 2.05) is 0 Å². The molecule has 3 N–H and O–H groups in total. The maximum atomic E-state index is 5.66. The van der Waals surface area contributed by atoms with Crippen molar-refractivity contribution in [3.05, 3.63) is 29.3 Å². The molecule has 1 aromatic carbocycles. The third-order valence-corrected chi connectivity index (χ3v) is 3.63. The van der Waals surface area contributed by atoms with E-state index in [1.54, 1.807) is 0 Å². The van der Waals surface area contributed by atoms with Gasteiger partial charge in [0.15, 0.2) is 0 Å². The summed E-state index contributed by atoms with van der Waals surface area (Å²) in [5, 5.41) is 3.62. The van der Waals surface area contributed by atoms with Crippen LogP contribution in [0.5, 0.6) is 0 Å². The van der Waals surface area contributed by atoms with Gasteiger partial charge in [0, 0.05) is 18.3 Å². The number of rotatable bonds is 3. The largest absolute Gasteiger partial charge is 0.382 e. The average Bonchev–Trinajstić information content (AvgIpc) is 2.64. The number of benzene rings is 1. The minimum atomic E-state index is 0.632. The van der Waals surface area contributed by atoms with Crippen molar-refractivity contribution in [3.63, 3.8) is 0 Å². The summed E-state index contributed by atoms with van der Waals surface area (Å²) < 4.78 is 0. The molecule has 0 aliphatic heterocycles. The van der Waals surface area contributed by atoms with Crippen LogP contribution in [-0.2, 0) is 6.54 Å². The lowest BCUT2D eigenvalue weighted by Gasteiger charge is -2.15. The molecule has 2 nitrogen and oxygen atoms in total. The van der Waals surface area contributed by atoms with E-state index >= 15 is 0 Å². The molecule has 0 radical (unpaired) electrons. The number of aryl methyl sites for hydroxylation is 1. The van der Waals surface area contributed by atoms with Gasteiger partial charge in [-0.25, -0.2) is 0 Å². The van der Waals surface area contributed by atoms with E-state index in [2.05, 4.69) is 37.4 Å². The molecular weight excluding hydrogens is 196 g/mol. The number of hydrogen-bond acceptors (Lipinski definition) is 2. The summed E-state index contributed by atoms with van der Waals surface area (Å²) in [4.78, 5) is 0. The van der Waals surface area contributed by atoms with Crippen LogP contribution in [0.25, 0.3) is 0 Å². The van der Waals surface area contributed by atoms with E-state index in [9.17, 15) is 0 Å². The van der Waals surface area contributed by atoms with Crippen LogP contribution < -0.4 is 11.1 Å². The summed E-state index contributed by atoms with van der Waals surface area (Å²) in [6.45, 7) is 5.10. The van der Waals surface area contributed by atoms with Crippen LogP contribution >= 0.6 is 0 Å². The monoisotopic (exact) mass is 218 g/mol. The van der Waals surface area contributed by atoms with Crippen molar-refractivity contribution in [2.75, 3.05) is 5.32 Å². The minimum absolute atomic E-state index is 0.632. The maximum Gasteiger partial charge on any atom is 0.0345 e. The Hall–Kier alpha value is -1.02. The van der Waals surface area contributed by atoms with Crippen LogP contribution in [0, 0.1) is 12.8 Å². The Morgan fingerprint density at radius 3 is 2.75 bits per heavy atom. The van der Waals surface area contributed by atoms with Gasteiger partial charge in [-0.15, -0.1) is 0 Å². The average molecular weight is 218 g/mol. The molecule has 2 unspecified atom stereocenters. The van der Waals surface area contributed by atoms with Crippen molar-refractivity contribution in [1.29, 1.82) is 0 Å². The lowest BCUT2D eigenvalue weighted by molar-refractivity contribution is 0.602. The Balaban J connectivity index is 2.02. The van der Waals surface area contributed by atoms with Crippen molar-refractivity contribution in [3.8, 4) is 0 Å². The van der Waals surface area contributed by atoms with Crippen LogP contribution in [0.15, 0.2) is 18.2 Å². The Bertz CT molecular complexity index is 360. The Morgan fingerprint density at radius 2 is 2.19 bits per heavy atom. The molecule has 1 fully saturated rings. The fourth-order valence-corrected chi connectivity index (χ4v) is 2.59. The van der Waals surface area contributed by atoms with Gasteiger partial charge < -0.3 is 11.1 Å². The normalized spacial score (nSPS) is 24.7. The second-order valence-corrected chi connectivity index (χ2v) is 5.10. The summed E-state index contributed by atoms with van der Waals surface area (Å²) in [6.07, 6.45) is 3.97. The van der Waals surface area contributed by atoms with Gasteiger partial charge in [0.05, 0.1) is 0 Å². The van der Waals surface area contributed by atoms with E-state index in [0.29, 0.717) is 12.6 Å². The molecule has 0 aromatic heterocycles. The molecule has 16 heavy (non-hydrogen) atoms. The molecule has 1 aromatic rings. The number of nitrogens with two attached hydrogens (primary N) is 1. The van der Waals surface area contributed by atoms with Crippen molar-refractivity contribution in [2.24, 2.45) is 11.7 Å². The summed E-state index contributed by atoms with van der Waals surface area (Å²) in [6, 6.07) is 7.16. The van der Waals surface area contributed by atoms with Crippen LogP contribution in [-0.4, -0.2) is 6.04 Å². The fourth-order valence-electron chi connectivity index (χ4n) is 2.59. The minimum Gasteiger partial charge on any atom is -0.382 e. The first-order valence-corrected chi connectivity index (χ1v) is 6.25. The fraction of sp³-hybridized carbons (Fsp3) is 0.571. The predicted octanol–water partition coefficient (Wildman–Crippen LogP) is 3.05. The lowest BCUT2D eigenvalue weighted by atomic mass is 10.1. The van der Waals surface area contributed by atoms with E-state index < -0.39 is 0 Å². The SMILES string of the molecule is Cc1cc(NC2CCC(C)C2)ccc1CN. The number of anilines is 1. The van der Waals surface area contributed by atoms with Gasteiger partial charge in [-0.1, -0.05) is 13.0 Å². The molecule has 1 aliphatic carbocycles. The highest BCUT2D eigenvalue weighted by atomic mass is 14.9. The number of hydrogen-bond donors (Lipinski definition) is 2. The topological polar surface area (TPSA) is 38.0 Å². The summed E-state index contributed by atoms with van der Waals surface area (Å²) in [5.74, 6) is 0.877. The molecule has 0 heterocycles. The molecule has 0 amide bonds. The summed E-state index contributed by atoms with van der Waals surface area (Å²) in [5.41, 5.74) is 9.44. The third kappa shape index (κ3) is 2.56. The number of nitrogens with one attached hydrogen (secondary N) is 1. The first-order valence-electron chi connectivity index (χ1n) is 6.25. The van der Waals surface area contributed by atoms with Crippen molar-refractivity contribution in [2.45, 2.75) is 45.7 Å². The van der Waals surface area contributed by atoms with Gasteiger partial charge in [-0.2, -0.15) is 0 Å². The van der Waals surface area contributed by atoms with Crippen LogP contribution in [0.4, 0.5) is 5.69 Å². The van der Waals surface area contributed by atoms with E-state index in [0.717, 1.165) is 5.92 Å². The van der Waals surface area contributed by atoms with Crippen molar-refractivity contribution >= 4 is 5.69 Å².